The van der Waals surface area contributed by atoms with Crippen LogP contribution in [0.4, 0.5) is 5.13 Å². The monoisotopic (exact) mass is 590 g/mol. The zero-order valence-corrected chi connectivity index (χ0v) is 22.0. The Hall–Kier alpha value is -4.11. The van der Waals surface area contributed by atoms with E-state index in [0.29, 0.717) is 38.3 Å². The van der Waals surface area contributed by atoms with E-state index < -0.39 is 5.63 Å². The van der Waals surface area contributed by atoms with E-state index in [0.717, 1.165) is 9.86 Å². The van der Waals surface area contributed by atoms with Crippen molar-refractivity contribution in [2.75, 3.05) is 11.9 Å². The van der Waals surface area contributed by atoms with Crippen molar-refractivity contribution in [1.29, 1.82) is 5.26 Å². The highest BCUT2D eigenvalue weighted by Crippen LogP contribution is 2.30. The molecule has 3 aromatic heterocycles. The number of carbonyl (C=O) groups is 1. The Morgan fingerprint density at radius 3 is 2.89 bits per heavy atom. The molecule has 0 fully saturated rings. The standard InChI is InChI=1S/C26H15BrN4O4S2/c27-18-5-6-22-16(10-18)11-19(25(33)35-22)20-14-37-24(30-20)17(12-28)9-15-3-1-2-4-21(15)34-13-23(32)31-26-29-7-8-36-26/h1-11,14H,13H2,(H,29,31,32). The molecule has 0 atom stereocenters. The summed E-state index contributed by atoms with van der Waals surface area (Å²) in [7, 11) is 0. The van der Waals surface area contributed by atoms with Gasteiger partial charge in [0.15, 0.2) is 11.7 Å². The summed E-state index contributed by atoms with van der Waals surface area (Å²) in [6.45, 7) is -0.221. The van der Waals surface area contributed by atoms with Gasteiger partial charge < -0.3 is 9.15 Å². The molecule has 1 amide bonds. The Kier molecular flexibility index (Phi) is 7.23. The highest BCUT2D eigenvalue weighted by atomic mass is 79.9. The van der Waals surface area contributed by atoms with E-state index in [1.807, 2.05) is 6.07 Å². The Labute approximate surface area is 226 Å². The number of ether oxygens (including phenoxy) is 1. The van der Waals surface area contributed by atoms with E-state index in [1.54, 1.807) is 65.5 Å². The molecule has 11 heteroatoms. The summed E-state index contributed by atoms with van der Waals surface area (Å²) in [6, 6.07) is 16.3. The number of hydrogen-bond acceptors (Lipinski definition) is 9. The maximum Gasteiger partial charge on any atom is 0.345 e. The molecule has 0 saturated heterocycles. The molecule has 0 radical (unpaired) electrons. The first-order chi connectivity index (χ1) is 18.0. The number of amides is 1. The summed E-state index contributed by atoms with van der Waals surface area (Å²) >= 11 is 5.97. The molecule has 0 aliphatic rings. The molecule has 37 heavy (non-hydrogen) atoms. The fraction of sp³-hybridized carbons (Fsp3) is 0.0385. The van der Waals surface area contributed by atoms with Gasteiger partial charge in [-0.05, 0) is 36.4 Å². The first kappa shape index (κ1) is 24.6. The highest BCUT2D eigenvalue weighted by molar-refractivity contribution is 9.10. The molecule has 0 aliphatic carbocycles. The van der Waals surface area contributed by atoms with Crippen LogP contribution in [0.5, 0.6) is 5.75 Å². The van der Waals surface area contributed by atoms with E-state index in [1.165, 1.54) is 22.7 Å². The molecule has 5 aromatic rings. The molecule has 182 valence electrons. The minimum atomic E-state index is -0.510. The number of allylic oxidation sites excluding steroid dienone is 1. The molecule has 1 N–H and O–H groups in total. The maximum absolute atomic E-state index is 12.6. The number of anilines is 1. The number of aromatic nitrogens is 2. The van der Waals surface area contributed by atoms with Gasteiger partial charge in [0.2, 0.25) is 0 Å². The van der Waals surface area contributed by atoms with Gasteiger partial charge in [0.25, 0.3) is 5.91 Å². The van der Waals surface area contributed by atoms with Crippen LogP contribution in [-0.4, -0.2) is 22.5 Å². The lowest BCUT2D eigenvalue weighted by Gasteiger charge is -2.09. The first-order valence-corrected chi connectivity index (χ1v) is 13.3. The number of fused-ring (bicyclic) bond motifs is 1. The second kappa shape index (κ2) is 10.9. The summed E-state index contributed by atoms with van der Waals surface area (Å²) in [6.07, 6.45) is 3.23. The zero-order chi connectivity index (χ0) is 25.8. The predicted octanol–water partition coefficient (Wildman–Crippen LogP) is 6.22. The van der Waals surface area contributed by atoms with E-state index in [2.05, 4.69) is 37.3 Å². The van der Waals surface area contributed by atoms with Gasteiger partial charge in [-0.3, -0.25) is 10.1 Å². The SMILES string of the molecule is N#CC(=Cc1ccccc1OCC(=O)Nc1nccs1)c1nc(-c2cc3cc(Br)ccc3oc2=O)cs1. The summed E-state index contributed by atoms with van der Waals surface area (Å²) in [5, 5.41) is 17.6. The smallest absolute Gasteiger partial charge is 0.345 e. The first-order valence-electron chi connectivity index (χ1n) is 10.7. The molecule has 0 aliphatic heterocycles. The van der Waals surface area contributed by atoms with Crippen molar-refractivity contribution in [3.05, 3.63) is 91.0 Å². The third kappa shape index (κ3) is 5.67. The van der Waals surface area contributed by atoms with Crippen LogP contribution in [0.25, 0.3) is 33.9 Å². The lowest BCUT2D eigenvalue weighted by molar-refractivity contribution is -0.118. The van der Waals surface area contributed by atoms with Crippen molar-refractivity contribution >= 4 is 72.3 Å². The van der Waals surface area contributed by atoms with Crippen LogP contribution in [-0.2, 0) is 4.79 Å². The normalized spacial score (nSPS) is 11.3. The second-order valence-electron chi connectivity index (χ2n) is 7.55. The van der Waals surface area contributed by atoms with Gasteiger partial charge in [-0.2, -0.15) is 5.26 Å². The van der Waals surface area contributed by atoms with Crippen LogP contribution in [0.1, 0.15) is 10.6 Å². The van der Waals surface area contributed by atoms with Crippen molar-refractivity contribution in [3.8, 4) is 23.1 Å². The lowest BCUT2D eigenvalue weighted by Crippen LogP contribution is -2.20. The number of nitrogens with one attached hydrogen (secondary N) is 1. The molecule has 2 aromatic carbocycles. The lowest BCUT2D eigenvalue weighted by atomic mass is 10.1. The molecule has 0 bridgehead atoms. The zero-order valence-electron chi connectivity index (χ0n) is 18.8. The molecule has 5 rings (SSSR count). The van der Waals surface area contributed by atoms with Gasteiger partial charge >= 0.3 is 5.63 Å². The number of benzene rings is 2. The minimum Gasteiger partial charge on any atom is -0.483 e. The quantitative estimate of drug-likeness (QED) is 0.176. The molecule has 3 heterocycles. The summed E-state index contributed by atoms with van der Waals surface area (Å²) in [4.78, 5) is 33.3. The molecular weight excluding hydrogens is 576 g/mol. The Bertz CT molecular complexity index is 1740. The van der Waals surface area contributed by atoms with Gasteiger partial charge in [0, 0.05) is 32.4 Å². The molecule has 8 nitrogen and oxygen atoms in total. The van der Waals surface area contributed by atoms with Crippen LogP contribution in [0.2, 0.25) is 0 Å². The van der Waals surface area contributed by atoms with Crippen LogP contribution in [0, 0.1) is 11.3 Å². The summed E-state index contributed by atoms with van der Waals surface area (Å²) in [5.74, 6) is 0.0853. The van der Waals surface area contributed by atoms with E-state index in [4.69, 9.17) is 9.15 Å². The predicted molar refractivity (Wildman–Crippen MR) is 147 cm³/mol. The molecule has 0 spiro atoms. The number of carbonyl (C=O) groups excluding carboxylic acids is 1. The largest absolute Gasteiger partial charge is 0.483 e. The minimum absolute atomic E-state index is 0.221. The third-order valence-electron chi connectivity index (χ3n) is 5.08. The van der Waals surface area contributed by atoms with Gasteiger partial charge in [-0.25, -0.2) is 14.8 Å². The summed E-state index contributed by atoms with van der Waals surface area (Å²) in [5.41, 5.74) is 1.58. The van der Waals surface area contributed by atoms with Crippen LogP contribution in [0.15, 0.2) is 79.2 Å². The van der Waals surface area contributed by atoms with Gasteiger partial charge in [-0.1, -0.05) is 34.1 Å². The molecule has 0 saturated carbocycles. The number of hydrogen-bond donors (Lipinski definition) is 1. The van der Waals surface area contributed by atoms with Crippen LogP contribution >= 0.6 is 38.6 Å². The fourth-order valence-corrected chi connectivity index (χ4v) is 5.12. The average Bonchev–Trinajstić information content (AvgIpc) is 3.59. The number of nitriles is 1. The van der Waals surface area contributed by atoms with Crippen molar-refractivity contribution in [1.82, 2.24) is 9.97 Å². The topological polar surface area (TPSA) is 118 Å². The van der Waals surface area contributed by atoms with Crippen molar-refractivity contribution < 1.29 is 13.9 Å². The van der Waals surface area contributed by atoms with Crippen molar-refractivity contribution in [3.63, 3.8) is 0 Å². The number of halogens is 1. The molecular formula is C26H15BrN4O4S2. The number of nitrogens with zero attached hydrogens (tertiary/aromatic N) is 3. The van der Waals surface area contributed by atoms with Crippen LogP contribution in [0.3, 0.4) is 0 Å². The highest BCUT2D eigenvalue weighted by Gasteiger charge is 2.15. The molecule has 0 unspecified atom stereocenters. The second-order valence-corrected chi connectivity index (χ2v) is 10.2. The Balaban J connectivity index is 1.39. The number of rotatable bonds is 7. The average molecular weight is 591 g/mol. The van der Waals surface area contributed by atoms with Crippen molar-refractivity contribution in [2.45, 2.75) is 0 Å². The summed E-state index contributed by atoms with van der Waals surface area (Å²) < 4.78 is 12.0. The van der Waals surface area contributed by atoms with E-state index in [-0.39, 0.29) is 18.1 Å². The van der Waals surface area contributed by atoms with E-state index in [9.17, 15) is 14.9 Å². The Morgan fingerprint density at radius 2 is 2.08 bits per heavy atom. The van der Waals surface area contributed by atoms with Crippen LogP contribution < -0.4 is 15.7 Å². The van der Waals surface area contributed by atoms with Gasteiger partial charge in [0.1, 0.15) is 22.4 Å². The third-order valence-corrected chi connectivity index (χ3v) is 7.14. The Morgan fingerprint density at radius 1 is 1.22 bits per heavy atom. The van der Waals surface area contributed by atoms with Crippen molar-refractivity contribution in [2.24, 2.45) is 0 Å². The van der Waals surface area contributed by atoms with Gasteiger partial charge in [0.05, 0.1) is 16.8 Å². The number of thiazole rings is 2. The van der Waals surface area contributed by atoms with E-state index >= 15 is 0 Å². The fourth-order valence-electron chi connectivity index (χ4n) is 3.41. The number of para-hydroxylation sites is 1. The van der Waals surface area contributed by atoms with Gasteiger partial charge in [-0.15, -0.1) is 22.7 Å². The maximum atomic E-state index is 12.6.